The van der Waals surface area contributed by atoms with Crippen molar-refractivity contribution in [3.05, 3.63) is 128 Å². The molecule has 0 atom stereocenters. The first-order valence-electron chi connectivity index (χ1n) is 10.4. The summed E-state index contributed by atoms with van der Waals surface area (Å²) >= 11 is 4.72. The summed E-state index contributed by atoms with van der Waals surface area (Å²) in [7, 11) is -0.696. The minimum absolute atomic E-state index is 0.348. The second kappa shape index (κ2) is 17.4. The second-order valence-electron chi connectivity index (χ2n) is 6.86. The molecule has 4 aromatic rings. The first-order valence-corrected chi connectivity index (χ1v) is 18.0. The third-order valence-electron chi connectivity index (χ3n) is 4.82. The van der Waals surface area contributed by atoms with Crippen molar-refractivity contribution in [1.29, 1.82) is 0 Å². The van der Waals surface area contributed by atoms with Crippen molar-refractivity contribution >= 4 is 56.6 Å². The van der Waals surface area contributed by atoms with E-state index in [-0.39, 0.29) is 15.8 Å². The van der Waals surface area contributed by atoms with Crippen LogP contribution in [0, 0.1) is 6.68 Å². The van der Waals surface area contributed by atoms with Gasteiger partial charge in [0.15, 0.2) is 6.68 Å². The molecule has 0 nitrogen and oxygen atoms in total. The molecule has 0 spiro atoms. The third kappa shape index (κ3) is 10.3. The summed E-state index contributed by atoms with van der Waals surface area (Å²) in [5.41, 5.74) is 0. The van der Waals surface area contributed by atoms with E-state index in [1.807, 2.05) is 19.5 Å². The Hall–Kier alpha value is -1.08. The normalized spacial score (nSPS) is 10.4. The van der Waals surface area contributed by atoms with Crippen LogP contribution >= 0.6 is 35.4 Å². The summed E-state index contributed by atoms with van der Waals surface area (Å²) in [6.45, 7) is -3.08. The van der Waals surface area contributed by atoms with Gasteiger partial charge in [-0.2, -0.15) is 0 Å². The molecule has 180 valence electrons. The number of halogens is 4. The molecule has 0 saturated carbocycles. The summed E-state index contributed by atoms with van der Waals surface area (Å²) in [5, 5.41) is 5.89. The van der Waals surface area contributed by atoms with Gasteiger partial charge in [0.1, 0.15) is 0 Å². The average molecular weight is 701 g/mol. The Morgan fingerprint density at radius 1 is 0.471 bits per heavy atom. The van der Waals surface area contributed by atoms with Gasteiger partial charge in [-0.3, -0.25) is 0 Å². The third-order valence-corrected chi connectivity index (χ3v) is 10.2. The maximum absolute atomic E-state index is 9.58. The molecule has 0 amide bonds. The molecular formula is C27H24F3IP2Pd. The Morgan fingerprint density at radius 3 is 0.824 bits per heavy atom. The van der Waals surface area contributed by atoms with Crippen molar-refractivity contribution in [2.75, 3.05) is 12.3 Å². The van der Waals surface area contributed by atoms with Crippen molar-refractivity contribution in [3.8, 4) is 0 Å². The van der Waals surface area contributed by atoms with E-state index < -0.39 is 6.68 Å². The maximum atomic E-state index is 9.58. The van der Waals surface area contributed by atoms with Crippen LogP contribution in [0.5, 0.6) is 0 Å². The zero-order valence-corrected chi connectivity index (χ0v) is 23.7. The van der Waals surface area contributed by atoms with E-state index in [4.69, 9.17) is 0 Å². The van der Waals surface area contributed by atoms with Crippen LogP contribution in [0.4, 0.5) is 13.2 Å². The Balaban J connectivity index is 0.000000618. The van der Waals surface area contributed by atoms with Crippen molar-refractivity contribution in [1.82, 2.24) is 0 Å². The second-order valence-corrected chi connectivity index (χ2v) is 11.5. The molecule has 0 unspecified atom stereocenters. The number of benzene rings is 4. The molecule has 0 bridgehead atoms. The quantitative estimate of drug-likeness (QED) is 0.0813. The van der Waals surface area contributed by atoms with E-state index >= 15 is 0 Å². The van der Waals surface area contributed by atoms with Crippen LogP contribution < -0.4 is 21.2 Å². The van der Waals surface area contributed by atoms with Crippen LogP contribution in [0.1, 0.15) is 0 Å². The predicted molar refractivity (Wildman–Crippen MR) is 148 cm³/mol. The van der Waals surface area contributed by atoms with Gasteiger partial charge < -0.3 is 13.2 Å². The van der Waals surface area contributed by atoms with Crippen LogP contribution in [-0.2, 0) is 15.6 Å². The largest absolute Gasteiger partial charge is 0.0622 e. The van der Waals surface area contributed by atoms with Gasteiger partial charge in [-0.05, 0) is 49.4 Å². The molecule has 7 heteroatoms. The molecule has 0 N–H and O–H groups in total. The van der Waals surface area contributed by atoms with E-state index in [1.165, 1.54) is 33.5 Å². The Morgan fingerprint density at radius 2 is 0.647 bits per heavy atom. The number of rotatable bonds is 7. The summed E-state index contributed by atoms with van der Waals surface area (Å²) in [4.78, 5) is 0. The van der Waals surface area contributed by atoms with Crippen LogP contribution in [0.3, 0.4) is 0 Å². The van der Waals surface area contributed by atoms with Crippen LogP contribution in [-0.4, -0.2) is 12.3 Å². The van der Waals surface area contributed by atoms with Gasteiger partial charge in [-0.15, -0.1) is 0 Å². The van der Waals surface area contributed by atoms with E-state index in [0.717, 1.165) is 0 Å². The molecule has 0 fully saturated rings. The van der Waals surface area contributed by atoms with E-state index in [0.29, 0.717) is 0 Å². The topological polar surface area (TPSA) is 0 Å². The molecule has 0 radical (unpaired) electrons. The summed E-state index contributed by atoms with van der Waals surface area (Å²) in [6.07, 6.45) is 2.41. The minimum atomic E-state index is -3.08. The Bertz CT molecular complexity index is 862. The fourth-order valence-electron chi connectivity index (χ4n) is 3.45. The molecule has 0 aliphatic carbocycles. The van der Waals surface area contributed by atoms with E-state index in [1.54, 1.807) is 0 Å². The monoisotopic (exact) mass is 700 g/mol. The molecular weight excluding hydrogens is 677 g/mol. The molecule has 0 aliphatic heterocycles. The Labute approximate surface area is 224 Å². The van der Waals surface area contributed by atoms with Gasteiger partial charge >= 0.3 is 35.1 Å². The van der Waals surface area contributed by atoms with Crippen molar-refractivity contribution in [2.45, 2.75) is 0 Å². The average Bonchev–Trinajstić information content (AvgIpc) is 2.90. The molecule has 4 aromatic carbocycles. The van der Waals surface area contributed by atoms with Gasteiger partial charge in [0, 0.05) is 0 Å². The first kappa shape index (κ1) is 29.2. The van der Waals surface area contributed by atoms with Gasteiger partial charge in [0.2, 0.25) is 0 Å². The SMILES string of the molecule is F[C-](F)F.[Pd+][I].c1ccc(P(CCP(c2ccccc2)c2ccccc2)c2ccccc2)cc1. The Kier molecular flexibility index (Phi) is 14.9. The minimum Gasteiger partial charge on any atom is -0.0622 e. The van der Waals surface area contributed by atoms with Crippen LogP contribution in [0.25, 0.3) is 0 Å². The van der Waals surface area contributed by atoms with E-state index in [9.17, 15) is 13.2 Å². The molecule has 0 aromatic heterocycles. The van der Waals surface area contributed by atoms with Gasteiger partial charge in [-0.1, -0.05) is 121 Å². The predicted octanol–water partition coefficient (Wildman–Crippen LogP) is 7.48. The molecule has 0 aliphatic rings. The summed E-state index contributed by atoms with van der Waals surface area (Å²) < 4.78 is 28.8. The fraction of sp³-hybridized carbons (Fsp3) is 0.0741. The van der Waals surface area contributed by atoms with Crippen LogP contribution in [0.2, 0.25) is 0 Å². The number of hydrogen-bond donors (Lipinski definition) is 0. The molecule has 0 heterocycles. The first-order chi connectivity index (χ1) is 16.6. The van der Waals surface area contributed by atoms with Crippen molar-refractivity contribution in [2.24, 2.45) is 0 Å². The fourth-order valence-corrected chi connectivity index (χ4v) is 8.80. The maximum Gasteiger partial charge on any atom is -0.0195 e. The summed E-state index contributed by atoms with van der Waals surface area (Å²) in [5.74, 6) is 0. The van der Waals surface area contributed by atoms with Gasteiger partial charge in [-0.25, -0.2) is 0 Å². The van der Waals surface area contributed by atoms with E-state index in [2.05, 4.69) is 137 Å². The number of hydrogen-bond acceptors (Lipinski definition) is 0. The zero-order valence-electron chi connectivity index (χ0n) is 18.2. The van der Waals surface area contributed by atoms with Crippen molar-refractivity contribution in [3.63, 3.8) is 0 Å². The standard InChI is InChI=1S/C26H24P2.CF3.HI.Pd/c1-5-13-23(14-6-1)27(24-15-7-2-8-16-24)21-22-28(25-17-9-3-10-18-25)26-19-11-4-12-20-26;2-1(3)4;;/h1-20H,21-22H2;;1H;/q;-1;;+2/p-1. The van der Waals surface area contributed by atoms with Gasteiger partial charge in [0.25, 0.3) is 0 Å². The van der Waals surface area contributed by atoms with Crippen molar-refractivity contribution < 1.29 is 28.8 Å². The molecule has 0 saturated heterocycles. The summed E-state index contributed by atoms with van der Waals surface area (Å²) in [6, 6.07) is 44.2. The smallest absolute Gasteiger partial charge is 0.0195 e. The van der Waals surface area contributed by atoms with Gasteiger partial charge in [0.05, 0.1) is 0 Å². The molecule has 4 rings (SSSR count). The van der Waals surface area contributed by atoms with Crippen LogP contribution in [0.15, 0.2) is 121 Å². The zero-order chi connectivity index (χ0) is 24.6. The molecule has 34 heavy (non-hydrogen) atoms.